The number of quaternary nitrogens is 1. The largest absolute Gasteiger partial charge is 0.344 e. The Morgan fingerprint density at radius 2 is 1.61 bits per heavy atom. The van der Waals surface area contributed by atoms with Crippen molar-refractivity contribution in [1.29, 1.82) is 0 Å². The number of piperazine rings is 1. The Balaban J connectivity index is 1.48. The summed E-state index contributed by atoms with van der Waals surface area (Å²) in [5.74, 6) is -0.0183. The Hall–Kier alpha value is -2.92. The Kier molecular flexibility index (Phi) is 8.42. The number of amides is 2. The lowest BCUT2D eigenvalue weighted by molar-refractivity contribution is -0.898. The highest BCUT2D eigenvalue weighted by Crippen LogP contribution is 2.08. The number of carbonyl (C=O) groups excluding carboxylic acids is 2. The van der Waals surface area contributed by atoms with Crippen molar-refractivity contribution in [2.75, 3.05) is 32.7 Å². The second kappa shape index (κ2) is 11.5. The molecule has 31 heavy (non-hydrogen) atoms. The van der Waals surface area contributed by atoms with Crippen molar-refractivity contribution in [3.05, 3.63) is 77.9 Å². The van der Waals surface area contributed by atoms with Crippen LogP contribution in [0.4, 0.5) is 0 Å². The lowest BCUT2D eigenvalue weighted by atomic mass is 10.0. The Morgan fingerprint density at radius 1 is 1.00 bits per heavy atom. The normalized spacial score (nSPS) is 15.9. The molecule has 1 fully saturated rings. The van der Waals surface area contributed by atoms with Gasteiger partial charge in [-0.3, -0.25) is 9.59 Å². The molecule has 0 unspecified atom stereocenters. The lowest BCUT2D eigenvalue weighted by Gasteiger charge is -2.35. The van der Waals surface area contributed by atoms with E-state index in [2.05, 4.69) is 29.6 Å². The summed E-state index contributed by atoms with van der Waals surface area (Å²) < 4.78 is 0. The van der Waals surface area contributed by atoms with Gasteiger partial charge in [0.15, 0.2) is 0 Å². The average Bonchev–Trinajstić information content (AvgIpc) is 2.79. The molecule has 0 aromatic heterocycles. The summed E-state index contributed by atoms with van der Waals surface area (Å²) in [6.45, 7) is 8.23. The van der Waals surface area contributed by atoms with Crippen LogP contribution >= 0.6 is 0 Å². The van der Waals surface area contributed by atoms with E-state index in [1.807, 2.05) is 67.3 Å². The van der Waals surface area contributed by atoms with Crippen LogP contribution in [0.1, 0.15) is 25.0 Å². The summed E-state index contributed by atoms with van der Waals surface area (Å²) in [5.41, 5.74) is 2.16. The molecule has 2 N–H and O–H groups in total. The number of carbonyl (C=O) groups is 2. The van der Waals surface area contributed by atoms with Gasteiger partial charge in [-0.1, -0.05) is 80.6 Å². The number of nitrogens with zero attached hydrogens (tertiary/aromatic N) is 1. The predicted octanol–water partition coefficient (Wildman–Crippen LogP) is 1.81. The fourth-order valence-corrected chi connectivity index (χ4v) is 3.89. The Labute approximate surface area is 185 Å². The maximum atomic E-state index is 13.1. The topological polar surface area (TPSA) is 53.9 Å². The third-order valence-electron chi connectivity index (χ3n) is 5.76. The first-order chi connectivity index (χ1) is 15.0. The van der Waals surface area contributed by atoms with E-state index in [0.29, 0.717) is 6.42 Å². The van der Waals surface area contributed by atoms with Gasteiger partial charge in [0.25, 0.3) is 0 Å². The van der Waals surface area contributed by atoms with E-state index in [9.17, 15) is 9.59 Å². The van der Waals surface area contributed by atoms with Gasteiger partial charge >= 0.3 is 0 Å². The minimum Gasteiger partial charge on any atom is -0.344 e. The first kappa shape index (κ1) is 22.8. The summed E-state index contributed by atoms with van der Waals surface area (Å²) >= 11 is 0. The van der Waals surface area contributed by atoms with Crippen LogP contribution in [-0.2, 0) is 16.0 Å². The van der Waals surface area contributed by atoms with Crippen molar-refractivity contribution in [2.45, 2.75) is 26.3 Å². The van der Waals surface area contributed by atoms with Crippen molar-refractivity contribution in [1.82, 2.24) is 10.2 Å². The zero-order valence-electron chi connectivity index (χ0n) is 18.6. The summed E-state index contributed by atoms with van der Waals surface area (Å²) in [4.78, 5) is 29.0. The Bertz CT molecular complexity index is 857. The number of nitrogens with one attached hydrogen (secondary N) is 2. The molecule has 0 radical (unpaired) electrons. The van der Waals surface area contributed by atoms with Crippen molar-refractivity contribution in [3.8, 4) is 0 Å². The van der Waals surface area contributed by atoms with Crippen LogP contribution in [0, 0.1) is 5.92 Å². The quantitative estimate of drug-likeness (QED) is 0.684. The van der Waals surface area contributed by atoms with Crippen LogP contribution < -0.4 is 10.2 Å². The fraction of sp³-hybridized carbons (Fsp3) is 0.385. The van der Waals surface area contributed by atoms with E-state index in [4.69, 9.17) is 0 Å². The van der Waals surface area contributed by atoms with Gasteiger partial charge in [-0.15, -0.1) is 0 Å². The predicted molar refractivity (Wildman–Crippen MR) is 125 cm³/mol. The molecule has 1 heterocycles. The molecule has 5 nitrogen and oxygen atoms in total. The van der Waals surface area contributed by atoms with Crippen molar-refractivity contribution < 1.29 is 14.5 Å². The molecule has 0 spiro atoms. The molecule has 1 atom stereocenters. The Morgan fingerprint density at radius 3 is 2.23 bits per heavy atom. The van der Waals surface area contributed by atoms with Crippen molar-refractivity contribution >= 4 is 17.9 Å². The van der Waals surface area contributed by atoms with E-state index >= 15 is 0 Å². The first-order valence-electron chi connectivity index (χ1n) is 11.2. The average molecular weight is 421 g/mol. The molecule has 1 aliphatic heterocycles. The summed E-state index contributed by atoms with van der Waals surface area (Å²) in [7, 11) is 0. The van der Waals surface area contributed by atoms with Crippen molar-refractivity contribution in [3.63, 3.8) is 0 Å². The zero-order chi connectivity index (χ0) is 22.1. The highest BCUT2D eigenvalue weighted by Gasteiger charge is 2.31. The molecule has 1 aliphatic rings. The molecule has 2 aromatic carbocycles. The highest BCUT2D eigenvalue weighted by molar-refractivity contribution is 5.88. The van der Waals surface area contributed by atoms with Gasteiger partial charge in [-0.25, -0.2) is 0 Å². The summed E-state index contributed by atoms with van der Waals surface area (Å²) in [6, 6.07) is 19.5. The standard InChI is InChI=1S/C26H33N3O2/c1-21(2)25(27-24(30)20-23-12-7-4-8-13-23)26(31)29-18-16-28(17-19-29)15-9-14-22-10-5-3-6-11-22/h3-14,21,25H,15-20H2,1-2H3,(H,27,30)/p+1/b14-9+/t25-/m1/s1. The molecule has 164 valence electrons. The lowest BCUT2D eigenvalue weighted by Crippen LogP contribution is -3.14. The van der Waals surface area contributed by atoms with Crippen LogP contribution in [0.15, 0.2) is 66.7 Å². The third-order valence-corrected chi connectivity index (χ3v) is 5.76. The second-order valence-corrected chi connectivity index (χ2v) is 8.54. The van der Waals surface area contributed by atoms with Gasteiger partial charge < -0.3 is 15.1 Å². The van der Waals surface area contributed by atoms with E-state index in [-0.39, 0.29) is 17.7 Å². The second-order valence-electron chi connectivity index (χ2n) is 8.54. The maximum absolute atomic E-state index is 13.1. The third kappa shape index (κ3) is 7.07. The first-order valence-corrected chi connectivity index (χ1v) is 11.2. The number of hydrogen-bond donors (Lipinski definition) is 2. The number of benzene rings is 2. The molecule has 2 aromatic rings. The smallest absolute Gasteiger partial charge is 0.245 e. The number of hydrogen-bond acceptors (Lipinski definition) is 2. The molecule has 3 rings (SSSR count). The van der Waals surface area contributed by atoms with Gasteiger partial charge in [-0.05, 0) is 23.1 Å². The summed E-state index contributed by atoms with van der Waals surface area (Å²) in [6.07, 6.45) is 4.66. The van der Waals surface area contributed by atoms with Crippen LogP contribution in [0.2, 0.25) is 0 Å². The minimum absolute atomic E-state index is 0.0373. The van der Waals surface area contributed by atoms with Crippen LogP contribution in [0.5, 0.6) is 0 Å². The van der Waals surface area contributed by atoms with Gasteiger partial charge in [0.2, 0.25) is 11.8 Å². The summed E-state index contributed by atoms with van der Waals surface area (Å²) in [5, 5.41) is 2.98. The SMILES string of the molecule is CC(C)[C@@H](NC(=O)Cc1ccccc1)C(=O)N1CC[NH+](C/C=C/c2ccccc2)CC1. The molecule has 0 bridgehead atoms. The molecule has 0 aliphatic carbocycles. The van der Waals surface area contributed by atoms with Gasteiger partial charge in [0, 0.05) is 0 Å². The molecular weight excluding hydrogens is 386 g/mol. The van der Waals surface area contributed by atoms with E-state index in [1.54, 1.807) is 0 Å². The number of rotatable bonds is 8. The monoisotopic (exact) mass is 420 g/mol. The molecular formula is C26H34N3O2+. The van der Waals surface area contributed by atoms with Gasteiger partial charge in [-0.2, -0.15) is 0 Å². The highest BCUT2D eigenvalue weighted by atomic mass is 16.2. The minimum atomic E-state index is -0.476. The molecule has 0 saturated carbocycles. The molecule has 5 heteroatoms. The van der Waals surface area contributed by atoms with Crippen LogP contribution in [-0.4, -0.2) is 55.5 Å². The maximum Gasteiger partial charge on any atom is 0.245 e. The van der Waals surface area contributed by atoms with Crippen molar-refractivity contribution in [2.24, 2.45) is 5.92 Å². The molecule has 1 saturated heterocycles. The fourth-order valence-electron chi connectivity index (χ4n) is 3.89. The van der Waals surface area contributed by atoms with E-state index < -0.39 is 6.04 Å². The van der Waals surface area contributed by atoms with Gasteiger partial charge in [0.1, 0.15) is 6.04 Å². The van der Waals surface area contributed by atoms with E-state index in [1.165, 1.54) is 10.5 Å². The van der Waals surface area contributed by atoms with Crippen LogP contribution in [0.25, 0.3) is 6.08 Å². The van der Waals surface area contributed by atoms with Crippen LogP contribution in [0.3, 0.4) is 0 Å². The zero-order valence-corrected chi connectivity index (χ0v) is 18.6. The van der Waals surface area contributed by atoms with Gasteiger partial charge in [0.05, 0.1) is 39.1 Å². The van der Waals surface area contributed by atoms with E-state index in [0.717, 1.165) is 38.3 Å². The molecule has 2 amide bonds.